The first kappa shape index (κ1) is 10.2. The van der Waals surface area contributed by atoms with Crippen LogP contribution in [0.25, 0.3) is 0 Å². The van der Waals surface area contributed by atoms with Crippen LogP contribution in [-0.2, 0) is 0 Å². The number of ether oxygens (including phenoxy) is 1. The van der Waals surface area contributed by atoms with Crippen molar-refractivity contribution in [1.29, 1.82) is 0 Å². The van der Waals surface area contributed by atoms with Crippen LogP contribution in [0.4, 0.5) is 5.69 Å². The number of anilines is 1. The van der Waals surface area contributed by atoms with E-state index in [1.807, 2.05) is 18.2 Å². The van der Waals surface area contributed by atoms with Crippen LogP contribution in [0.3, 0.4) is 0 Å². The van der Waals surface area contributed by atoms with Gasteiger partial charge in [0.15, 0.2) is 6.23 Å². The molecule has 0 saturated carbocycles. The van der Waals surface area contributed by atoms with Crippen LogP contribution in [0, 0.1) is 6.92 Å². The third-order valence-corrected chi connectivity index (χ3v) is 3.29. The van der Waals surface area contributed by atoms with Crippen LogP contribution in [0.2, 0.25) is 0 Å². The van der Waals surface area contributed by atoms with Gasteiger partial charge in [-0.1, -0.05) is 36.4 Å². The molecule has 1 heterocycles. The Morgan fingerprint density at radius 3 is 2.47 bits per heavy atom. The standard InChI is InChI=1S/C15H15NO/c1-11-7-3-4-8-12(11)15-16(2)13-9-5-6-10-14(13)17-15/h3-10,15H,1-2H3. The monoisotopic (exact) mass is 225 g/mol. The van der Waals surface area contributed by atoms with Crippen LogP contribution < -0.4 is 9.64 Å². The SMILES string of the molecule is Cc1ccccc1C1Oc2ccccc2N1C. The molecule has 17 heavy (non-hydrogen) atoms. The fourth-order valence-corrected chi connectivity index (χ4v) is 2.31. The van der Waals surface area contributed by atoms with E-state index < -0.39 is 0 Å². The average Bonchev–Trinajstić information content (AvgIpc) is 2.68. The van der Waals surface area contributed by atoms with Crippen LogP contribution in [0.1, 0.15) is 17.4 Å². The maximum atomic E-state index is 6.01. The van der Waals surface area contributed by atoms with Gasteiger partial charge in [0.25, 0.3) is 0 Å². The topological polar surface area (TPSA) is 12.5 Å². The molecule has 2 nitrogen and oxygen atoms in total. The summed E-state index contributed by atoms with van der Waals surface area (Å²) < 4.78 is 6.01. The highest BCUT2D eigenvalue weighted by Crippen LogP contribution is 2.42. The summed E-state index contributed by atoms with van der Waals surface area (Å²) >= 11 is 0. The Balaban J connectivity index is 2.02. The molecule has 1 unspecified atom stereocenters. The van der Waals surface area contributed by atoms with Gasteiger partial charge in [-0.05, 0) is 24.6 Å². The average molecular weight is 225 g/mol. The van der Waals surface area contributed by atoms with E-state index in [0.29, 0.717) is 0 Å². The molecule has 0 saturated heterocycles. The third kappa shape index (κ3) is 1.57. The first-order chi connectivity index (χ1) is 8.27. The largest absolute Gasteiger partial charge is 0.464 e. The van der Waals surface area contributed by atoms with Gasteiger partial charge in [-0.15, -0.1) is 0 Å². The first-order valence-corrected chi connectivity index (χ1v) is 5.81. The van der Waals surface area contributed by atoms with Crippen molar-refractivity contribution >= 4 is 5.69 Å². The molecule has 2 aromatic carbocycles. The highest BCUT2D eigenvalue weighted by molar-refractivity contribution is 5.62. The van der Waals surface area contributed by atoms with Gasteiger partial charge in [-0.3, -0.25) is 0 Å². The van der Waals surface area contributed by atoms with Gasteiger partial charge >= 0.3 is 0 Å². The normalized spacial score (nSPS) is 17.8. The molecule has 86 valence electrons. The van der Waals surface area contributed by atoms with E-state index in [1.165, 1.54) is 11.1 Å². The predicted octanol–water partition coefficient (Wildman–Crippen LogP) is 3.52. The van der Waals surface area contributed by atoms with Crippen molar-refractivity contribution in [1.82, 2.24) is 0 Å². The zero-order valence-corrected chi connectivity index (χ0v) is 10.1. The van der Waals surface area contributed by atoms with Crippen molar-refractivity contribution in [3.05, 3.63) is 59.7 Å². The van der Waals surface area contributed by atoms with Crippen molar-refractivity contribution in [2.75, 3.05) is 11.9 Å². The summed E-state index contributed by atoms with van der Waals surface area (Å²) in [5.74, 6) is 0.961. The lowest BCUT2D eigenvalue weighted by Gasteiger charge is -2.22. The Hall–Kier alpha value is -1.96. The summed E-state index contributed by atoms with van der Waals surface area (Å²) in [5.41, 5.74) is 3.64. The molecule has 3 rings (SSSR count). The highest BCUT2D eigenvalue weighted by Gasteiger charge is 2.29. The van der Waals surface area contributed by atoms with Crippen molar-refractivity contribution in [2.24, 2.45) is 0 Å². The quantitative estimate of drug-likeness (QED) is 0.736. The third-order valence-electron chi connectivity index (χ3n) is 3.29. The lowest BCUT2D eigenvalue weighted by molar-refractivity contribution is 0.234. The summed E-state index contributed by atoms with van der Waals surface area (Å²) in [5, 5.41) is 0. The lowest BCUT2D eigenvalue weighted by Crippen LogP contribution is -2.23. The Morgan fingerprint density at radius 1 is 1.00 bits per heavy atom. The van der Waals surface area contributed by atoms with E-state index in [2.05, 4.69) is 49.2 Å². The van der Waals surface area contributed by atoms with E-state index in [4.69, 9.17) is 4.74 Å². The molecule has 0 N–H and O–H groups in total. The fraction of sp³-hybridized carbons (Fsp3) is 0.200. The van der Waals surface area contributed by atoms with E-state index in [1.54, 1.807) is 0 Å². The zero-order chi connectivity index (χ0) is 11.8. The molecule has 2 aromatic rings. The lowest BCUT2D eigenvalue weighted by atomic mass is 10.1. The Labute approximate surface area is 101 Å². The summed E-state index contributed by atoms with van der Waals surface area (Å²) in [7, 11) is 2.07. The molecule has 0 bridgehead atoms. The van der Waals surface area contributed by atoms with E-state index in [0.717, 1.165) is 11.4 Å². The van der Waals surface area contributed by atoms with Gasteiger partial charge < -0.3 is 9.64 Å². The smallest absolute Gasteiger partial charge is 0.199 e. The van der Waals surface area contributed by atoms with Crippen molar-refractivity contribution in [3.63, 3.8) is 0 Å². The number of rotatable bonds is 1. The van der Waals surface area contributed by atoms with Gasteiger partial charge in [0.2, 0.25) is 0 Å². The van der Waals surface area contributed by atoms with E-state index in [9.17, 15) is 0 Å². The second-order valence-corrected chi connectivity index (χ2v) is 4.41. The van der Waals surface area contributed by atoms with Gasteiger partial charge in [0.1, 0.15) is 5.75 Å². The molecule has 2 heteroatoms. The molecule has 1 atom stereocenters. The molecule has 1 aliphatic heterocycles. The van der Waals surface area contributed by atoms with Gasteiger partial charge in [-0.2, -0.15) is 0 Å². The van der Waals surface area contributed by atoms with E-state index >= 15 is 0 Å². The number of aryl methyl sites for hydroxylation is 1. The Bertz CT molecular complexity index is 550. The maximum Gasteiger partial charge on any atom is 0.199 e. The molecule has 1 aliphatic rings. The van der Waals surface area contributed by atoms with Crippen LogP contribution >= 0.6 is 0 Å². The minimum absolute atomic E-state index is 0.00593. The highest BCUT2D eigenvalue weighted by atomic mass is 16.5. The first-order valence-electron chi connectivity index (χ1n) is 5.81. The molecular formula is C15H15NO. The molecular weight excluding hydrogens is 210 g/mol. The molecule has 0 fully saturated rings. The van der Waals surface area contributed by atoms with Crippen molar-refractivity contribution in [2.45, 2.75) is 13.2 Å². The number of benzene rings is 2. The summed E-state index contributed by atoms with van der Waals surface area (Å²) in [6.07, 6.45) is -0.00593. The number of fused-ring (bicyclic) bond motifs is 1. The number of hydrogen-bond acceptors (Lipinski definition) is 2. The fourth-order valence-electron chi connectivity index (χ4n) is 2.31. The van der Waals surface area contributed by atoms with Gasteiger partial charge in [-0.25, -0.2) is 0 Å². The summed E-state index contributed by atoms with van der Waals surface area (Å²) in [4.78, 5) is 2.18. The van der Waals surface area contributed by atoms with Crippen LogP contribution in [0.15, 0.2) is 48.5 Å². The Kier molecular flexibility index (Phi) is 2.29. The van der Waals surface area contributed by atoms with Crippen molar-refractivity contribution < 1.29 is 4.74 Å². The number of para-hydroxylation sites is 2. The second-order valence-electron chi connectivity index (χ2n) is 4.41. The molecule has 0 aliphatic carbocycles. The molecule has 0 amide bonds. The predicted molar refractivity (Wildman–Crippen MR) is 69.4 cm³/mol. The van der Waals surface area contributed by atoms with Crippen molar-refractivity contribution in [3.8, 4) is 5.75 Å². The minimum Gasteiger partial charge on any atom is -0.464 e. The van der Waals surface area contributed by atoms with E-state index in [-0.39, 0.29) is 6.23 Å². The molecule has 0 radical (unpaired) electrons. The zero-order valence-electron chi connectivity index (χ0n) is 10.1. The molecule has 0 aromatic heterocycles. The summed E-state index contributed by atoms with van der Waals surface area (Å²) in [6.45, 7) is 2.12. The molecule has 0 spiro atoms. The van der Waals surface area contributed by atoms with Gasteiger partial charge in [0.05, 0.1) is 5.69 Å². The maximum absolute atomic E-state index is 6.01. The van der Waals surface area contributed by atoms with Crippen LogP contribution in [-0.4, -0.2) is 7.05 Å². The number of nitrogens with zero attached hydrogens (tertiary/aromatic N) is 1. The summed E-state index contributed by atoms with van der Waals surface area (Å²) in [6, 6.07) is 16.5. The Morgan fingerprint density at radius 2 is 1.71 bits per heavy atom. The number of hydrogen-bond donors (Lipinski definition) is 0. The van der Waals surface area contributed by atoms with Gasteiger partial charge in [0, 0.05) is 12.6 Å². The second kappa shape index (κ2) is 3.81. The van der Waals surface area contributed by atoms with Crippen LogP contribution in [0.5, 0.6) is 5.75 Å². The minimum atomic E-state index is -0.00593.